The summed E-state index contributed by atoms with van der Waals surface area (Å²) in [4.78, 5) is 0. The Hall–Kier alpha value is -1.28. The van der Waals surface area contributed by atoms with Gasteiger partial charge in [0.25, 0.3) is 0 Å². The van der Waals surface area contributed by atoms with Crippen molar-refractivity contribution in [1.82, 2.24) is 5.32 Å². The van der Waals surface area contributed by atoms with Gasteiger partial charge >= 0.3 is 0 Å². The third-order valence-corrected chi connectivity index (χ3v) is 3.77. The van der Waals surface area contributed by atoms with Crippen LogP contribution in [0.3, 0.4) is 0 Å². The number of aryl methyl sites for hydroxylation is 2. The molecule has 116 valence electrons. The molecule has 0 unspecified atom stereocenters. The normalized spacial score (nSPS) is 12.0. The quantitative estimate of drug-likeness (QED) is 0.809. The molecule has 0 bridgehead atoms. The Labute approximate surface area is 128 Å². The van der Waals surface area contributed by atoms with E-state index >= 15 is 0 Å². The van der Waals surface area contributed by atoms with Gasteiger partial charge in [0.1, 0.15) is 11.3 Å². The van der Waals surface area contributed by atoms with Gasteiger partial charge in [-0.25, -0.2) is 0 Å². The first-order valence-electron chi connectivity index (χ1n) is 8.10. The van der Waals surface area contributed by atoms with E-state index in [2.05, 4.69) is 59.0 Å². The van der Waals surface area contributed by atoms with Crippen LogP contribution < -0.4 is 5.32 Å². The Morgan fingerprint density at radius 2 is 1.76 bits per heavy atom. The van der Waals surface area contributed by atoms with Crippen LogP contribution in [0, 0.1) is 25.7 Å². The lowest BCUT2D eigenvalue weighted by Crippen LogP contribution is -2.19. The lowest BCUT2D eigenvalue weighted by atomic mass is 9.96. The Bertz CT molecular complexity index is 608. The van der Waals surface area contributed by atoms with E-state index < -0.39 is 0 Å². The molecular formula is C19H29NO. The van der Waals surface area contributed by atoms with Crippen LogP contribution >= 0.6 is 0 Å². The zero-order valence-electron chi connectivity index (χ0n) is 14.3. The summed E-state index contributed by atoms with van der Waals surface area (Å²) in [5.74, 6) is 2.41. The van der Waals surface area contributed by atoms with Crippen LogP contribution in [0.25, 0.3) is 11.0 Å². The number of benzene rings is 1. The molecule has 0 aliphatic heterocycles. The first kappa shape index (κ1) is 16.1. The molecule has 0 fully saturated rings. The maximum absolute atomic E-state index is 6.18. The van der Waals surface area contributed by atoms with E-state index in [1.807, 2.05) is 0 Å². The van der Waals surface area contributed by atoms with Gasteiger partial charge in [0, 0.05) is 10.9 Å². The molecule has 1 aromatic carbocycles. The summed E-state index contributed by atoms with van der Waals surface area (Å²) in [6, 6.07) is 4.42. The van der Waals surface area contributed by atoms with E-state index in [0.29, 0.717) is 11.8 Å². The third kappa shape index (κ3) is 3.88. The maximum Gasteiger partial charge on any atom is 0.135 e. The highest BCUT2D eigenvalue weighted by atomic mass is 16.3. The third-order valence-electron chi connectivity index (χ3n) is 3.77. The zero-order valence-corrected chi connectivity index (χ0v) is 14.3. The van der Waals surface area contributed by atoms with Gasteiger partial charge in [0.15, 0.2) is 0 Å². The first-order valence-corrected chi connectivity index (χ1v) is 8.10. The predicted octanol–water partition coefficient (Wildman–Crippen LogP) is 4.99. The van der Waals surface area contributed by atoms with Crippen LogP contribution in [-0.4, -0.2) is 6.54 Å². The molecular weight excluding hydrogens is 258 g/mol. The topological polar surface area (TPSA) is 25.2 Å². The molecule has 2 rings (SSSR count). The van der Waals surface area contributed by atoms with Crippen molar-refractivity contribution in [2.45, 2.75) is 54.5 Å². The van der Waals surface area contributed by atoms with E-state index in [-0.39, 0.29) is 0 Å². The lowest BCUT2D eigenvalue weighted by molar-refractivity contribution is 0.476. The zero-order chi connectivity index (χ0) is 15.6. The molecule has 21 heavy (non-hydrogen) atoms. The van der Waals surface area contributed by atoms with Crippen LogP contribution in [0.2, 0.25) is 0 Å². The van der Waals surface area contributed by atoms with Crippen molar-refractivity contribution in [3.8, 4) is 0 Å². The minimum atomic E-state index is 0.635. The largest absolute Gasteiger partial charge is 0.459 e. The summed E-state index contributed by atoms with van der Waals surface area (Å²) in [5, 5.41) is 4.85. The summed E-state index contributed by atoms with van der Waals surface area (Å²) in [5.41, 5.74) is 5.05. The molecule has 2 aromatic rings. The molecule has 1 aromatic heterocycles. The number of hydrogen-bond acceptors (Lipinski definition) is 2. The molecule has 1 N–H and O–H groups in total. The molecule has 1 heterocycles. The second kappa shape index (κ2) is 6.65. The second-order valence-electron chi connectivity index (χ2n) is 7.08. The fourth-order valence-corrected chi connectivity index (χ4v) is 2.97. The van der Waals surface area contributed by atoms with Crippen LogP contribution in [0.15, 0.2) is 16.5 Å². The number of furan rings is 1. The molecule has 0 saturated carbocycles. The smallest absolute Gasteiger partial charge is 0.135 e. The van der Waals surface area contributed by atoms with Crippen molar-refractivity contribution in [3.05, 3.63) is 34.6 Å². The van der Waals surface area contributed by atoms with Crippen LogP contribution in [0.1, 0.15) is 50.1 Å². The van der Waals surface area contributed by atoms with Crippen molar-refractivity contribution in [1.29, 1.82) is 0 Å². The van der Waals surface area contributed by atoms with Crippen LogP contribution in [0.4, 0.5) is 0 Å². The van der Waals surface area contributed by atoms with Crippen molar-refractivity contribution in [2.75, 3.05) is 6.54 Å². The Morgan fingerprint density at radius 3 is 2.38 bits per heavy atom. The molecule has 0 amide bonds. The van der Waals surface area contributed by atoms with Crippen molar-refractivity contribution < 1.29 is 4.42 Å². The number of nitrogens with one attached hydrogen (secondary N) is 1. The number of fused-ring (bicyclic) bond motifs is 1. The number of hydrogen-bond donors (Lipinski definition) is 1. The predicted molar refractivity (Wildman–Crippen MR) is 90.8 cm³/mol. The summed E-state index contributed by atoms with van der Waals surface area (Å²) in [7, 11) is 0. The standard InChI is InChI=1S/C19H29NO/c1-12(2)7-16-18(11-20-10-13(3)4)21-17-9-14(5)8-15(6)19(16)17/h8-9,12-13,20H,7,10-11H2,1-6H3. The van der Waals surface area contributed by atoms with E-state index in [9.17, 15) is 0 Å². The minimum Gasteiger partial charge on any atom is -0.459 e. The van der Waals surface area contributed by atoms with Gasteiger partial charge < -0.3 is 9.73 Å². The van der Waals surface area contributed by atoms with E-state index in [1.54, 1.807) is 0 Å². The average Bonchev–Trinajstić information content (AvgIpc) is 2.66. The van der Waals surface area contributed by atoms with Gasteiger partial charge in [0.05, 0.1) is 6.54 Å². The van der Waals surface area contributed by atoms with Gasteiger partial charge in [-0.05, 0) is 55.8 Å². The van der Waals surface area contributed by atoms with Crippen molar-refractivity contribution in [2.24, 2.45) is 11.8 Å². The fraction of sp³-hybridized carbons (Fsp3) is 0.579. The van der Waals surface area contributed by atoms with E-state index in [1.165, 1.54) is 22.1 Å². The number of rotatable bonds is 6. The van der Waals surface area contributed by atoms with Crippen LogP contribution in [0.5, 0.6) is 0 Å². The Morgan fingerprint density at radius 1 is 1.05 bits per heavy atom. The van der Waals surface area contributed by atoms with Gasteiger partial charge in [0.2, 0.25) is 0 Å². The van der Waals surface area contributed by atoms with Crippen LogP contribution in [-0.2, 0) is 13.0 Å². The van der Waals surface area contributed by atoms with Gasteiger partial charge in [-0.2, -0.15) is 0 Å². The highest BCUT2D eigenvalue weighted by Gasteiger charge is 2.17. The lowest BCUT2D eigenvalue weighted by Gasteiger charge is -2.09. The Kier molecular flexibility index (Phi) is 5.10. The minimum absolute atomic E-state index is 0.635. The van der Waals surface area contributed by atoms with Gasteiger partial charge in [-0.3, -0.25) is 0 Å². The average molecular weight is 287 g/mol. The second-order valence-corrected chi connectivity index (χ2v) is 7.08. The SMILES string of the molecule is Cc1cc(C)c2c(CC(C)C)c(CNCC(C)C)oc2c1. The molecule has 0 spiro atoms. The fourth-order valence-electron chi connectivity index (χ4n) is 2.97. The molecule has 0 aliphatic carbocycles. The van der Waals surface area contributed by atoms with Crippen molar-refractivity contribution in [3.63, 3.8) is 0 Å². The molecule has 0 saturated heterocycles. The van der Waals surface area contributed by atoms with E-state index in [4.69, 9.17) is 4.42 Å². The highest BCUT2D eigenvalue weighted by molar-refractivity contribution is 5.86. The molecule has 2 nitrogen and oxygen atoms in total. The highest BCUT2D eigenvalue weighted by Crippen LogP contribution is 2.31. The summed E-state index contributed by atoms with van der Waals surface area (Å²) < 4.78 is 6.18. The molecule has 0 radical (unpaired) electrons. The molecule has 2 heteroatoms. The van der Waals surface area contributed by atoms with Crippen molar-refractivity contribution >= 4 is 11.0 Å². The monoisotopic (exact) mass is 287 g/mol. The maximum atomic E-state index is 6.18. The van der Waals surface area contributed by atoms with Gasteiger partial charge in [-0.15, -0.1) is 0 Å². The molecule has 0 atom stereocenters. The summed E-state index contributed by atoms with van der Waals surface area (Å²) in [6.45, 7) is 15.2. The Balaban J connectivity index is 2.40. The summed E-state index contributed by atoms with van der Waals surface area (Å²) in [6.07, 6.45) is 1.08. The first-order chi connectivity index (χ1) is 9.88. The molecule has 0 aliphatic rings. The van der Waals surface area contributed by atoms with E-state index in [0.717, 1.165) is 30.9 Å². The van der Waals surface area contributed by atoms with Gasteiger partial charge in [-0.1, -0.05) is 33.8 Å². The summed E-state index contributed by atoms with van der Waals surface area (Å²) >= 11 is 0.